The van der Waals surface area contributed by atoms with Crippen LogP contribution in [0.25, 0.3) is 0 Å². The van der Waals surface area contributed by atoms with Crippen molar-refractivity contribution in [3.8, 4) is 0 Å². The van der Waals surface area contributed by atoms with E-state index in [4.69, 9.17) is 9.47 Å². The monoisotopic (exact) mass is 366 g/mol. The molecule has 2 aliphatic heterocycles. The quantitative estimate of drug-likeness (QED) is 0.714. The molecule has 0 spiro atoms. The Hall–Kier alpha value is -1.14. The van der Waals surface area contributed by atoms with Gasteiger partial charge in [-0.1, -0.05) is 12.8 Å². The van der Waals surface area contributed by atoms with E-state index < -0.39 is 5.60 Å². The Balaban J connectivity index is 1.63. The molecule has 2 heterocycles. The second-order valence-electron chi connectivity index (χ2n) is 8.88. The molecule has 1 amide bonds. The summed E-state index contributed by atoms with van der Waals surface area (Å²) < 4.78 is 11.0. The predicted molar refractivity (Wildman–Crippen MR) is 98.7 cm³/mol. The molecule has 26 heavy (non-hydrogen) atoms. The van der Waals surface area contributed by atoms with Gasteiger partial charge in [0.05, 0.1) is 13.2 Å². The summed E-state index contributed by atoms with van der Waals surface area (Å²) in [4.78, 5) is 29.5. The van der Waals surface area contributed by atoms with Crippen LogP contribution in [0.2, 0.25) is 0 Å². The smallest absolute Gasteiger partial charge is 0.323 e. The molecule has 3 atom stereocenters. The predicted octanol–water partition coefficient (Wildman–Crippen LogP) is 2.21. The van der Waals surface area contributed by atoms with Crippen molar-refractivity contribution in [1.29, 1.82) is 0 Å². The molecule has 0 radical (unpaired) electrons. The van der Waals surface area contributed by atoms with E-state index in [-0.39, 0.29) is 17.9 Å². The fraction of sp³-hybridized carbons (Fsp3) is 0.900. The van der Waals surface area contributed by atoms with E-state index in [0.29, 0.717) is 51.2 Å². The summed E-state index contributed by atoms with van der Waals surface area (Å²) in [7, 11) is 0. The van der Waals surface area contributed by atoms with Gasteiger partial charge in [0.2, 0.25) is 5.91 Å². The molecular weight excluding hydrogens is 332 g/mol. The lowest BCUT2D eigenvalue weighted by Gasteiger charge is -2.34. The summed E-state index contributed by atoms with van der Waals surface area (Å²) in [6.07, 6.45) is 6.15. The minimum atomic E-state index is -0.472. The maximum Gasteiger partial charge on any atom is 0.323 e. The Morgan fingerprint density at radius 3 is 2.50 bits per heavy atom. The van der Waals surface area contributed by atoms with Gasteiger partial charge in [0, 0.05) is 32.1 Å². The van der Waals surface area contributed by atoms with Crippen LogP contribution in [0, 0.1) is 5.92 Å². The van der Waals surface area contributed by atoms with Gasteiger partial charge in [-0.05, 0) is 46.0 Å². The Labute approximate surface area is 157 Å². The van der Waals surface area contributed by atoms with Crippen LogP contribution in [0.1, 0.15) is 59.3 Å². The number of fused-ring (bicyclic) bond motifs is 1. The van der Waals surface area contributed by atoms with Crippen LogP contribution in [0.5, 0.6) is 0 Å². The number of esters is 1. The molecule has 6 heteroatoms. The highest BCUT2D eigenvalue weighted by Crippen LogP contribution is 2.40. The Morgan fingerprint density at radius 1 is 1.12 bits per heavy atom. The third kappa shape index (κ3) is 4.77. The fourth-order valence-electron chi connectivity index (χ4n) is 4.67. The molecule has 148 valence electrons. The van der Waals surface area contributed by atoms with Crippen molar-refractivity contribution in [2.24, 2.45) is 5.92 Å². The van der Waals surface area contributed by atoms with Gasteiger partial charge in [0.1, 0.15) is 11.6 Å². The number of hydrogen-bond donors (Lipinski definition) is 0. The summed E-state index contributed by atoms with van der Waals surface area (Å²) in [5.74, 6) is 0.626. The maximum absolute atomic E-state index is 12.8. The number of likely N-dealkylation sites (tertiary alicyclic amines) is 1. The lowest BCUT2D eigenvalue weighted by molar-refractivity contribution is -0.161. The van der Waals surface area contributed by atoms with Gasteiger partial charge in [-0.25, -0.2) is 0 Å². The summed E-state index contributed by atoms with van der Waals surface area (Å²) in [6, 6.07) is 0.235. The van der Waals surface area contributed by atoms with Gasteiger partial charge < -0.3 is 14.4 Å². The maximum atomic E-state index is 12.8. The molecule has 0 bridgehead atoms. The molecule has 0 unspecified atom stereocenters. The first-order valence-corrected chi connectivity index (χ1v) is 10.2. The first kappa shape index (κ1) is 19.6. The van der Waals surface area contributed by atoms with Crippen LogP contribution in [0.15, 0.2) is 0 Å². The zero-order chi connectivity index (χ0) is 18.7. The standard InChI is InChI=1S/C20H34N2O4/c1-20(2,3)26-19(24)17-14-15-6-4-5-7-16(15)22(17)9-8-18(23)21-10-12-25-13-11-21/h15-17H,4-14H2,1-3H3/t15-,16+,17+/m1/s1. The zero-order valence-corrected chi connectivity index (χ0v) is 16.5. The van der Waals surface area contributed by atoms with Crippen molar-refractivity contribution in [1.82, 2.24) is 9.80 Å². The minimum absolute atomic E-state index is 0.120. The number of hydrogen-bond acceptors (Lipinski definition) is 5. The molecule has 3 aliphatic rings. The third-order valence-electron chi connectivity index (χ3n) is 5.85. The molecule has 0 aromatic heterocycles. The first-order chi connectivity index (χ1) is 12.3. The van der Waals surface area contributed by atoms with Gasteiger partial charge in [-0.15, -0.1) is 0 Å². The van der Waals surface area contributed by atoms with Crippen LogP contribution >= 0.6 is 0 Å². The van der Waals surface area contributed by atoms with Crippen molar-refractivity contribution in [3.63, 3.8) is 0 Å². The number of morpholine rings is 1. The van der Waals surface area contributed by atoms with Gasteiger partial charge in [-0.2, -0.15) is 0 Å². The number of carbonyl (C=O) groups is 2. The van der Waals surface area contributed by atoms with Crippen molar-refractivity contribution < 1.29 is 19.1 Å². The Morgan fingerprint density at radius 2 is 1.81 bits per heavy atom. The van der Waals surface area contributed by atoms with Gasteiger partial charge in [-0.3, -0.25) is 14.5 Å². The minimum Gasteiger partial charge on any atom is -0.459 e. The normalized spacial score (nSPS) is 30.1. The average molecular weight is 367 g/mol. The molecular formula is C20H34N2O4. The van der Waals surface area contributed by atoms with E-state index in [2.05, 4.69) is 4.90 Å². The molecule has 1 aliphatic carbocycles. The van der Waals surface area contributed by atoms with E-state index in [1.54, 1.807) is 0 Å². The van der Waals surface area contributed by atoms with Gasteiger partial charge in [0.25, 0.3) is 0 Å². The first-order valence-electron chi connectivity index (χ1n) is 10.2. The van der Waals surface area contributed by atoms with Crippen molar-refractivity contribution >= 4 is 11.9 Å². The van der Waals surface area contributed by atoms with Crippen molar-refractivity contribution in [2.45, 2.75) is 77.0 Å². The fourth-order valence-corrected chi connectivity index (χ4v) is 4.67. The van der Waals surface area contributed by atoms with E-state index >= 15 is 0 Å². The molecule has 0 aromatic rings. The van der Waals surface area contributed by atoms with E-state index in [1.165, 1.54) is 19.3 Å². The zero-order valence-electron chi connectivity index (χ0n) is 16.5. The lowest BCUT2D eigenvalue weighted by Crippen LogP contribution is -2.47. The second kappa shape index (κ2) is 8.26. The molecule has 3 fully saturated rings. The highest BCUT2D eigenvalue weighted by Gasteiger charge is 2.46. The lowest BCUT2D eigenvalue weighted by atomic mass is 9.84. The number of rotatable bonds is 4. The number of ether oxygens (including phenoxy) is 2. The Kier molecular flexibility index (Phi) is 6.23. The molecule has 6 nitrogen and oxygen atoms in total. The third-order valence-corrected chi connectivity index (χ3v) is 5.85. The molecule has 2 saturated heterocycles. The van der Waals surface area contributed by atoms with E-state index in [1.807, 2.05) is 25.7 Å². The largest absolute Gasteiger partial charge is 0.459 e. The molecule has 0 N–H and O–H groups in total. The summed E-state index contributed by atoms with van der Waals surface area (Å²) >= 11 is 0. The topological polar surface area (TPSA) is 59.1 Å². The van der Waals surface area contributed by atoms with E-state index in [0.717, 1.165) is 12.8 Å². The van der Waals surface area contributed by atoms with Crippen LogP contribution in [-0.2, 0) is 19.1 Å². The van der Waals surface area contributed by atoms with Crippen LogP contribution in [0.4, 0.5) is 0 Å². The average Bonchev–Trinajstić information content (AvgIpc) is 2.98. The van der Waals surface area contributed by atoms with Gasteiger partial charge in [0.15, 0.2) is 0 Å². The molecule has 3 rings (SSSR count). The van der Waals surface area contributed by atoms with Crippen LogP contribution in [0.3, 0.4) is 0 Å². The van der Waals surface area contributed by atoms with Crippen molar-refractivity contribution in [3.05, 3.63) is 0 Å². The number of carbonyl (C=O) groups excluding carboxylic acids is 2. The molecule has 1 saturated carbocycles. The molecule has 0 aromatic carbocycles. The highest BCUT2D eigenvalue weighted by molar-refractivity contribution is 5.78. The summed E-state index contributed by atoms with van der Waals surface area (Å²) in [6.45, 7) is 9.01. The van der Waals surface area contributed by atoms with Crippen molar-refractivity contribution in [2.75, 3.05) is 32.8 Å². The Bertz CT molecular complexity index is 510. The highest BCUT2D eigenvalue weighted by atomic mass is 16.6. The summed E-state index contributed by atoms with van der Waals surface area (Å²) in [5, 5.41) is 0. The van der Waals surface area contributed by atoms with Gasteiger partial charge >= 0.3 is 5.97 Å². The SMILES string of the molecule is CC(C)(C)OC(=O)[C@@H]1C[C@H]2CCCC[C@@H]2N1CCC(=O)N1CCOCC1. The second-order valence-corrected chi connectivity index (χ2v) is 8.88. The summed E-state index contributed by atoms with van der Waals surface area (Å²) in [5.41, 5.74) is -0.472. The van der Waals surface area contributed by atoms with E-state index in [9.17, 15) is 9.59 Å². The number of nitrogens with zero attached hydrogens (tertiary/aromatic N) is 2. The van der Waals surface area contributed by atoms with Crippen LogP contribution in [-0.4, -0.2) is 72.2 Å². The number of amides is 1. The van der Waals surface area contributed by atoms with Crippen LogP contribution < -0.4 is 0 Å².